The number of aromatic hydroxyl groups is 1. The highest BCUT2D eigenvalue weighted by Gasteiger charge is 2.38. The number of halogens is 1. The zero-order valence-electron chi connectivity index (χ0n) is 20.7. The number of hydrogen-bond donors (Lipinski definition) is 1. The molecule has 0 bridgehead atoms. The molecular weight excluding hydrogens is 584 g/mol. The van der Waals surface area contributed by atoms with E-state index >= 15 is 0 Å². The molecule has 0 aliphatic carbocycles. The molecule has 1 fully saturated rings. The summed E-state index contributed by atoms with van der Waals surface area (Å²) >= 11 is 8.64. The van der Waals surface area contributed by atoms with Gasteiger partial charge in [0.15, 0.2) is 15.5 Å². The van der Waals surface area contributed by atoms with Crippen molar-refractivity contribution in [3.8, 4) is 5.75 Å². The van der Waals surface area contributed by atoms with Crippen LogP contribution < -0.4 is 5.56 Å². The first kappa shape index (κ1) is 27.7. The Morgan fingerprint density at radius 1 is 1.15 bits per heavy atom. The number of amides is 2. The van der Waals surface area contributed by atoms with Gasteiger partial charge >= 0.3 is 5.56 Å². The number of sulfone groups is 1. The van der Waals surface area contributed by atoms with Gasteiger partial charge in [-0.2, -0.15) is 4.98 Å². The number of hydrogen-bond acceptors (Lipinski definition) is 9. The van der Waals surface area contributed by atoms with Crippen molar-refractivity contribution in [3.63, 3.8) is 0 Å². The second kappa shape index (κ2) is 11.3. The lowest BCUT2D eigenvalue weighted by atomic mass is 10.1. The molecule has 3 aromatic rings. The smallest absolute Gasteiger partial charge is 0.315 e. The van der Waals surface area contributed by atoms with Gasteiger partial charge in [0.2, 0.25) is 11.7 Å². The fourth-order valence-corrected chi connectivity index (χ4v) is 8.36. The maximum absolute atomic E-state index is 13.4. The number of nitrogens with zero attached hydrogens (tertiary/aromatic N) is 4. The monoisotopic (exact) mass is 608 g/mol. The lowest BCUT2D eigenvalue weighted by molar-refractivity contribution is -0.129. The summed E-state index contributed by atoms with van der Waals surface area (Å²) in [5.41, 5.74) is -1.18. The van der Waals surface area contributed by atoms with E-state index in [0.29, 0.717) is 24.4 Å². The maximum atomic E-state index is 13.4. The standard InChI is InChI=1S/C25H25ClN4O6S3/c26-16-5-1-2-7-18(16)38-15-19(31)29-9-3-6-17(29)23-27-24(33)22(32)21-25(34)28(10-11-30(21)23)12-14-39(35,36)20-8-4-13-37-20/h1-2,4-5,7-8,13,17,32H,3,6,9-12,14-15H2. The summed E-state index contributed by atoms with van der Waals surface area (Å²) in [7, 11) is -3.57. The first-order valence-electron chi connectivity index (χ1n) is 12.2. The Bertz CT molecular complexity index is 1570. The van der Waals surface area contributed by atoms with Crippen molar-refractivity contribution in [1.82, 2.24) is 19.4 Å². The van der Waals surface area contributed by atoms with Crippen LogP contribution in [-0.4, -0.2) is 75.8 Å². The molecule has 206 valence electrons. The third-order valence-electron chi connectivity index (χ3n) is 6.76. The fraction of sp³-hybridized carbons (Fsp3) is 0.360. The highest BCUT2D eigenvalue weighted by atomic mass is 35.5. The van der Waals surface area contributed by atoms with Gasteiger partial charge in [0.05, 0.1) is 22.6 Å². The number of rotatable bonds is 8. The Hall–Kier alpha value is -2.87. The van der Waals surface area contributed by atoms with Gasteiger partial charge < -0.3 is 19.5 Å². The van der Waals surface area contributed by atoms with Gasteiger partial charge in [0, 0.05) is 31.1 Å². The number of benzene rings is 1. The molecule has 2 aliphatic rings. The largest absolute Gasteiger partial charge is 0.501 e. The number of thioether (sulfide) groups is 1. The number of fused-ring (bicyclic) bond motifs is 1. The van der Waals surface area contributed by atoms with E-state index in [1.165, 1.54) is 27.3 Å². The van der Waals surface area contributed by atoms with Gasteiger partial charge in [-0.25, -0.2) is 8.42 Å². The molecule has 1 N–H and O–H groups in total. The molecule has 2 aromatic heterocycles. The Labute approximate surface area is 238 Å². The van der Waals surface area contributed by atoms with Crippen LogP contribution in [0, 0.1) is 0 Å². The van der Waals surface area contributed by atoms with Gasteiger partial charge in [-0.15, -0.1) is 23.1 Å². The van der Waals surface area contributed by atoms with Crippen LogP contribution in [0.5, 0.6) is 5.75 Å². The quantitative estimate of drug-likeness (QED) is 0.386. The highest BCUT2D eigenvalue weighted by Crippen LogP contribution is 2.35. The third-order valence-corrected chi connectivity index (χ3v) is 11.4. The van der Waals surface area contributed by atoms with E-state index in [1.807, 2.05) is 18.2 Å². The van der Waals surface area contributed by atoms with Crippen molar-refractivity contribution in [2.75, 3.05) is 31.1 Å². The molecule has 14 heteroatoms. The molecule has 10 nitrogen and oxygen atoms in total. The molecule has 2 aliphatic heterocycles. The summed E-state index contributed by atoms with van der Waals surface area (Å²) in [6, 6.07) is 9.87. The zero-order valence-corrected chi connectivity index (χ0v) is 23.9. The summed E-state index contributed by atoms with van der Waals surface area (Å²) in [6.07, 6.45) is 1.25. The molecule has 5 rings (SSSR count). The van der Waals surface area contributed by atoms with E-state index in [1.54, 1.807) is 22.4 Å². The highest BCUT2D eigenvalue weighted by molar-refractivity contribution is 8.00. The fourth-order valence-electron chi connectivity index (χ4n) is 4.83. The topological polar surface area (TPSA) is 130 Å². The minimum Gasteiger partial charge on any atom is -0.501 e. The number of thiophene rings is 1. The molecule has 0 spiro atoms. The van der Waals surface area contributed by atoms with Crippen LogP contribution in [0.15, 0.2) is 55.7 Å². The third kappa shape index (κ3) is 5.58. The van der Waals surface area contributed by atoms with Crippen LogP contribution in [0.3, 0.4) is 0 Å². The number of aromatic nitrogens is 2. The van der Waals surface area contributed by atoms with Crippen LogP contribution in [-0.2, 0) is 21.2 Å². The Morgan fingerprint density at radius 3 is 2.69 bits per heavy atom. The first-order chi connectivity index (χ1) is 18.7. The summed E-state index contributed by atoms with van der Waals surface area (Å²) in [4.78, 5) is 47.0. The number of carbonyl (C=O) groups is 2. The van der Waals surface area contributed by atoms with Crippen molar-refractivity contribution >= 4 is 56.4 Å². The SMILES string of the molecule is O=C1c2c(O)c(=O)nc(C3CCCN3C(=O)CSc3ccccc3Cl)n2CCN1CCS(=O)(=O)c1cccs1. The van der Waals surface area contributed by atoms with Crippen molar-refractivity contribution in [3.05, 3.63) is 68.7 Å². The minimum atomic E-state index is -3.57. The van der Waals surface area contributed by atoms with Crippen molar-refractivity contribution in [2.24, 2.45) is 0 Å². The molecule has 1 aromatic carbocycles. The second-order valence-electron chi connectivity index (χ2n) is 9.13. The Balaban J connectivity index is 1.36. The molecule has 0 radical (unpaired) electrons. The molecule has 4 heterocycles. The Kier molecular flexibility index (Phi) is 8.04. The van der Waals surface area contributed by atoms with E-state index in [9.17, 15) is 27.9 Å². The van der Waals surface area contributed by atoms with Crippen LogP contribution in [0.4, 0.5) is 0 Å². The minimum absolute atomic E-state index is 0.0857. The van der Waals surface area contributed by atoms with Gasteiger partial charge in [0.1, 0.15) is 10.0 Å². The summed E-state index contributed by atoms with van der Waals surface area (Å²) in [5, 5.41) is 12.8. The normalized spacial score (nSPS) is 17.5. The first-order valence-corrected chi connectivity index (χ1v) is 16.1. The van der Waals surface area contributed by atoms with E-state index in [-0.39, 0.29) is 52.8 Å². The van der Waals surface area contributed by atoms with Gasteiger partial charge in [-0.3, -0.25) is 14.4 Å². The van der Waals surface area contributed by atoms with Gasteiger partial charge in [0.25, 0.3) is 5.91 Å². The molecule has 0 saturated carbocycles. The molecule has 39 heavy (non-hydrogen) atoms. The van der Waals surface area contributed by atoms with Gasteiger partial charge in [-0.05, 0) is 36.4 Å². The van der Waals surface area contributed by atoms with Crippen molar-refractivity contribution in [1.29, 1.82) is 0 Å². The summed E-state index contributed by atoms with van der Waals surface area (Å²) in [5.74, 6) is -1.47. The molecule has 1 unspecified atom stereocenters. The summed E-state index contributed by atoms with van der Waals surface area (Å²) < 4.78 is 26.9. The van der Waals surface area contributed by atoms with Crippen LogP contribution in [0.1, 0.15) is 35.2 Å². The van der Waals surface area contributed by atoms with Crippen molar-refractivity contribution in [2.45, 2.75) is 34.5 Å². The van der Waals surface area contributed by atoms with E-state index in [4.69, 9.17) is 11.6 Å². The molecular formula is C25H25ClN4O6S3. The van der Waals surface area contributed by atoms with E-state index in [2.05, 4.69) is 4.98 Å². The zero-order chi connectivity index (χ0) is 27.7. The average Bonchev–Trinajstić information content (AvgIpc) is 3.63. The van der Waals surface area contributed by atoms with E-state index in [0.717, 1.165) is 16.2 Å². The molecule has 1 atom stereocenters. The average molecular weight is 609 g/mol. The second-order valence-corrected chi connectivity index (χ2v) is 13.8. The van der Waals surface area contributed by atoms with Crippen molar-refractivity contribution < 1.29 is 23.1 Å². The Morgan fingerprint density at radius 2 is 1.95 bits per heavy atom. The predicted molar refractivity (Wildman–Crippen MR) is 148 cm³/mol. The van der Waals surface area contributed by atoms with Crippen LogP contribution in [0.25, 0.3) is 0 Å². The predicted octanol–water partition coefficient (Wildman–Crippen LogP) is 3.05. The molecule has 1 saturated heterocycles. The van der Waals surface area contributed by atoms with Gasteiger partial charge in [-0.1, -0.05) is 29.8 Å². The number of carbonyl (C=O) groups excluding carboxylic acids is 2. The van der Waals surface area contributed by atoms with Crippen LogP contribution >= 0.6 is 34.7 Å². The number of likely N-dealkylation sites (tertiary alicyclic amines) is 1. The maximum Gasteiger partial charge on any atom is 0.315 e. The lowest BCUT2D eigenvalue weighted by Gasteiger charge is -2.33. The molecule has 2 amide bonds. The van der Waals surface area contributed by atoms with Crippen LogP contribution in [0.2, 0.25) is 5.02 Å². The summed E-state index contributed by atoms with van der Waals surface area (Å²) in [6.45, 7) is 0.756. The van der Waals surface area contributed by atoms with E-state index < -0.39 is 33.1 Å². The lowest BCUT2D eigenvalue weighted by Crippen LogP contribution is -2.46.